The van der Waals surface area contributed by atoms with E-state index in [9.17, 15) is 4.79 Å². The average molecular weight is 169 g/mol. The SMILES string of the molecule is N[C@@H](Cc1c[nH]cn1)C(=O)CO. The molecule has 5 heteroatoms. The van der Waals surface area contributed by atoms with E-state index in [1.54, 1.807) is 6.20 Å². The molecule has 4 N–H and O–H groups in total. The van der Waals surface area contributed by atoms with E-state index in [1.807, 2.05) is 0 Å². The van der Waals surface area contributed by atoms with Crippen LogP contribution in [-0.4, -0.2) is 33.5 Å². The van der Waals surface area contributed by atoms with E-state index in [2.05, 4.69) is 9.97 Å². The van der Waals surface area contributed by atoms with Crippen LogP contribution in [0.1, 0.15) is 5.69 Å². The molecule has 0 bridgehead atoms. The predicted octanol–water partition coefficient (Wildman–Crippen LogP) is -1.16. The number of carbonyl (C=O) groups excluding carboxylic acids is 1. The van der Waals surface area contributed by atoms with Crippen LogP contribution in [0.5, 0.6) is 0 Å². The van der Waals surface area contributed by atoms with E-state index in [-0.39, 0.29) is 5.78 Å². The van der Waals surface area contributed by atoms with Crippen molar-refractivity contribution >= 4 is 5.78 Å². The van der Waals surface area contributed by atoms with Gasteiger partial charge in [-0.15, -0.1) is 0 Å². The number of aliphatic hydroxyl groups is 1. The Labute approximate surface area is 69.6 Å². The molecule has 0 saturated carbocycles. The fraction of sp³-hybridized carbons (Fsp3) is 0.429. The van der Waals surface area contributed by atoms with Crippen molar-refractivity contribution in [1.82, 2.24) is 9.97 Å². The zero-order valence-corrected chi connectivity index (χ0v) is 6.53. The molecule has 0 amide bonds. The number of Topliss-reactive ketones (excluding diaryl/α,β-unsaturated/α-hetero) is 1. The van der Waals surface area contributed by atoms with Crippen molar-refractivity contribution in [3.63, 3.8) is 0 Å². The highest BCUT2D eigenvalue weighted by atomic mass is 16.3. The summed E-state index contributed by atoms with van der Waals surface area (Å²) in [5.41, 5.74) is 6.18. The molecule has 0 saturated heterocycles. The minimum Gasteiger partial charge on any atom is -0.389 e. The molecule has 1 rings (SSSR count). The second kappa shape index (κ2) is 3.99. The largest absolute Gasteiger partial charge is 0.389 e. The third-order valence-corrected chi connectivity index (χ3v) is 1.55. The number of aliphatic hydroxyl groups excluding tert-OH is 1. The van der Waals surface area contributed by atoms with Crippen molar-refractivity contribution in [2.75, 3.05) is 6.61 Å². The molecule has 1 aromatic heterocycles. The van der Waals surface area contributed by atoms with Gasteiger partial charge in [0.1, 0.15) is 6.61 Å². The van der Waals surface area contributed by atoms with E-state index in [0.29, 0.717) is 6.42 Å². The topological polar surface area (TPSA) is 92.0 Å². The molecule has 66 valence electrons. The molecule has 0 unspecified atom stereocenters. The number of nitrogens with two attached hydrogens (primary N) is 1. The maximum Gasteiger partial charge on any atom is 0.175 e. The molecule has 1 atom stereocenters. The summed E-state index contributed by atoms with van der Waals surface area (Å²) in [5.74, 6) is -0.363. The Hall–Kier alpha value is -1.20. The number of imidazole rings is 1. The number of nitrogens with one attached hydrogen (secondary N) is 1. The minimum atomic E-state index is -0.654. The van der Waals surface area contributed by atoms with E-state index in [1.165, 1.54) is 6.33 Å². The predicted molar refractivity (Wildman–Crippen MR) is 42.4 cm³/mol. The Morgan fingerprint density at radius 3 is 3.08 bits per heavy atom. The number of rotatable bonds is 4. The van der Waals surface area contributed by atoms with Crippen LogP contribution in [0.25, 0.3) is 0 Å². The lowest BCUT2D eigenvalue weighted by Gasteiger charge is -2.05. The van der Waals surface area contributed by atoms with Gasteiger partial charge >= 0.3 is 0 Å². The van der Waals surface area contributed by atoms with Gasteiger partial charge in [0.05, 0.1) is 18.1 Å². The van der Waals surface area contributed by atoms with Crippen LogP contribution in [0.15, 0.2) is 12.5 Å². The molecule has 12 heavy (non-hydrogen) atoms. The first-order valence-corrected chi connectivity index (χ1v) is 3.61. The molecule has 0 aromatic carbocycles. The van der Waals surface area contributed by atoms with Crippen LogP contribution in [0, 0.1) is 0 Å². The molecule has 0 aliphatic rings. The monoisotopic (exact) mass is 169 g/mol. The van der Waals surface area contributed by atoms with E-state index in [0.717, 1.165) is 5.69 Å². The Balaban J connectivity index is 2.47. The smallest absolute Gasteiger partial charge is 0.175 e. The molecule has 1 aromatic rings. The molecule has 1 heterocycles. The summed E-state index contributed by atoms with van der Waals surface area (Å²) in [6.07, 6.45) is 3.55. The standard InChI is InChI=1S/C7H11N3O2/c8-6(7(12)3-11)1-5-2-9-4-10-5/h2,4,6,11H,1,3,8H2,(H,9,10)/t6-/m0/s1. The van der Waals surface area contributed by atoms with Gasteiger partial charge in [0.15, 0.2) is 5.78 Å². The summed E-state index contributed by atoms with van der Waals surface area (Å²) >= 11 is 0. The number of carbonyl (C=O) groups is 1. The second-order valence-corrected chi connectivity index (χ2v) is 2.50. The molecule has 5 nitrogen and oxygen atoms in total. The highest BCUT2D eigenvalue weighted by molar-refractivity contribution is 5.84. The third kappa shape index (κ3) is 2.14. The lowest BCUT2D eigenvalue weighted by Crippen LogP contribution is -2.34. The van der Waals surface area contributed by atoms with Crippen LogP contribution in [0.4, 0.5) is 0 Å². The third-order valence-electron chi connectivity index (χ3n) is 1.55. The molecular weight excluding hydrogens is 158 g/mol. The van der Waals surface area contributed by atoms with Gasteiger partial charge in [0.2, 0.25) is 0 Å². The quantitative estimate of drug-likeness (QED) is 0.530. The Morgan fingerprint density at radius 2 is 2.58 bits per heavy atom. The van der Waals surface area contributed by atoms with Crippen molar-refractivity contribution < 1.29 is 9.90 Å². The summed E-state index contributed by atoms with van der Waals surface area (Å²) in [5, 5.41) is 8.48. The van der Waals surface area contributed by atoms with Crippen LogP contribution in [-0.2, 0) is 11.2 Å². The van der Waals surface area contributed by atoms with Crippen molar-refractivity contribution in [1.29, 1.82) is 0 Å². The molecule has 0 aliphatic carbocycles. The second-order valence-electron chi connectivity index (χ2n) is 2.50. The van der Waals surface area contributed by atoms with Gasteiger partial charge in [0, 0.05) is 12.6 Å². The Bertz CT molecular complexity index is 245. The van der Waals surface area contributed by atoms with Gasteiger partial charge in [-0.05, 0) is 0 Å². The summed E-state index contributed by atoms with van der Waals surface area (Å²) in [7, 11) is 0. The van der Waals surface area contributed by atoms with Gasteiger partial charge in [-0.3, -0.25) is 4.79 Å². The number of nitrogens with zero attached hydrogens (tertiary/aromatic N) is 1. The molecule has 0 radical (unpaired) electrons. The summed E-state index contributed by atoms with van der Waals surface area (Å²) in [4.78, 5) is 17.5. The lowest BCUT2D eigenvalue weighted by molar-refractivity contribution is -0.122. The van der Waals surface area contributed by atoms with Crippen molar-refractivity contribution in [3.05, 3.63) is 18.2 Å². The number of hydrogen-bond acceptors (Lipinski definition) is 4. The van der Waals surface area contributed by atoms with E-state index >= 15 is 0 Å². The number of hydrogen-bond donors (Lipinski definition) is 3. The summed E-state index contributed by atoms with van der Waals surface area (Å²) in [6, 6.07) is -0.654. The van der Waals surface area contributed by atoms with Crippen LogP contribution in [0.2, 0.25) is 0 Å². The first-order valence-electron chi connectivity index (χ1n) is 3.61. The van der Waals surface area contributed by atoms with Crippen molar-refractivity contribution in [2.45, 2.75) is 12.5 Å². The Morgan fingerprint density at radius 1 is 1.83 bits per heavy atom. The highest BCUT2D eigenvalue weighted by Gasteiger charge is 2.13. The Kier molecular flexibility index (Phi) is 2.95. The van der Waals surface area contributed by atoms with Gasteiger partial charge in [0.25, 0.3) is 0 Å². The molecule has 0 aliphatic heterocycles. The van der Waals surface area contributed by atoms with Gasteiger partial charge < -0.3 is 15.8 Å². The average Bonchev–Trinajstić information content (AvgIpc) is 2.55. The van der Waals surface area contributed by atoms with E-state index < -0.39 is 12.6 Å². The highest BCUT2D eigenvalue weighted by Crippen LogP contribution is 1.96. The number of H-pyrrole nitrogens is 1. The van der Waals surface area contributed by atoms with Crippen molar-refractivity contribution in [2.24, 2.45) is 5.73 Å². The molecule has 0 fully saturated rings. The first-order chi connectivity index (χ1) is 5.74. The minimum absolute atomic E-state index is 0.363. The van der Waals surface area contributed by atoms with Crippen LogP contribution < -0.4 is 5.73 Å². The lowest BCUT2D eigenvalue weighted by atomic mass is 10.1. The van der Waals surface area contributed by atoms with Crippen LogP contribution in [0.3, 0.4) is 0 Å². The maximum atomic E-state index is 10.8. The molecule has 0 spiro atoms. The first kappa shape index (κ1) is 8.89. The zero-order chi connectivity index (χ0) is 8.97. The van der Waals surface area contributed by atoms with E-state index in [4.69, 9.17) is 10.8 Å². The number of aromatic nitrogens is 2. The van der Waals surface area contributed by atoms with Gasteiger partial charge in [-0.2, -0.15) is 0 Å². The van der Waals surface area contributed by atoms with Gasteiger partial charge in [-0.1, -0.05) is 0 Å². The maximum absolute atomic E-state index is 10.8. The number of aromatic amines is 1. The summed E-state index contributed by atoms with van der Waals surface area (Å²) in [6.45, 7) is -0.508. The number of ketones is 1. The normalized spacial score (nSPS) is 12.8. The molecular formula is C7H11N3O2. The fourth-order valence-electron chi connectivity index (χ4n) is 0.859. The fourth-order valence-corrected chi connectivity index (χ4v) is 0.859. The van der Waals surface area contributed by atoms with Crippen LogP contribution >= 0.6 is 0 Å². The summed E-state index contributed by atoms with van der Waals surface area (Å²) < 4.78 is 0. The van der Waals surface area contributed by atoms with Crippen molar-refractivity contribution in [3.8, 4) is 0 Å². The van der Waals surface area contributed by atoms with Gasteiger partial charge in [-0.25, -0.2) is 4.98 Å². The zero-order valence-electron chi connectivity index (χ0n) is 6.53.